The fourth-order valence-corrected chi connectivity index (χ4v) is 1.26. The summed E-state index contributed by atoms with van der Waals surface area (Å²) in [5.41, 5.74) is 5.89. The van der Waals surface area contributed by atoms with Crippen LogP contribution in [0.4, 0.5) is 8.78 Å². The molecular formula is C9H9F2N. The average molecular weight is 169 g/mol. The minimum Gasteiger partial charge on any atom is -0.321 e. The van der Waals surface area contributed by atoms with Gasteiger partial charge in [-0.25, -0.2) is 8.78 Å². The molecule has 0 radical (unpaired) electrons. The maximum Gasteiger partial charge on any atom is 0.126 e. The zero-order chi connectivity index (χ0) is 8.77. The zero-order valence-electron chi connectivity index (χ0n) is 6.48. The highest BCUT2D eigenvalue weighted by Crippen LogP contribution is 2.42. The van der Waals surface area contributed by atoms with Gasteiger partial charge in [0.05, 0.1) is 0 Å². The first-order valence-electron chi connectivity index (χ1n) is 3.86. The minimum atomic E-state index is -0.554. The van der Waals surface area contributed by atoms with E-state index in [2.05, 4.69) is 0 Å². The molecule has 0 heterocycles. The Kier molecular flexibility index (Phi) is 1.45. The van der Waals surface area contributed by atoms with Crippen LogP contribution in [0.1, 0.15) is 18.4 Å². The molecule has 3 heteroatoms. The topological polar surface area (TPSA) is 26.0 Å². The van der Waals surface area contributed by atoms with Gasteiger partial charge in [0, 0.05) is 11.6 Å². The molecule has 0 unspecified atom stereocenters. The molecule has 12 heavy (non-hydrogen) atoms. The van der Waals surface area contributed by atoms with Crippen molar-refractivity contribution in [1.82, 2.24) is 0 Å². The fraction of sp³-hybridized carbons (Fsp3) is 0.333. The Bertz CT molecular complexity index is 298. The Morgan fingerprint density at radius 1 is 1.08 bits per heavy atom. The number of nitrogens with two attached hydrogens (primary N) is 1. The maximum absolute atomic E-state index is 12.7. The molecule has 0 atom stereocenters. The van der Waals surface area contributed by atoms with Crippen molar-refractivity contribution in [2.24, 2.45) is 5.73 Å². The lowest BCUT2D eigenvalue weighted by molar-refractivity contribution is 0.572. The lowest BCUT2D eigenvalue weighted by Gasteiger charge is -2.08. The van der Waals surface area contributed by atoms with Crippen LogP contribution in [0.5, 0.6) is 0 Å². The van der Waals surface area contributed by atoms with Crippen LogP contribution in [0, 0.1) is 11.6 Å². The van der Waals surface area contributed by atoms with Crippen LogP contribution < -0.4 is 5.73 Å². The molecule has 2 rings (SSSR count). The van der Waals surface area contributed by atoms with Gasteiger partial charge in [-0.3, -0.25) is 0 Å². The highest BCUT2D eigenvalue weighted by atomic mass is 19.1. The van der Waals surface area contributed by atoms with Gasteiger partial charge in [0.2, 0.25) is 0 Å². The standard InChI is InChI=1S/C9H9F2N/c10-7-3-6(4-8(11)5-7)9(12)1-2-9/h3-5H,1-2,12H2. The second kappa shape index (κ2) is 2.26. The van der Waals surface area contributed by atoms with Crippen LogP contribution in [0.2, 0.25) is 0 Å². The molecule has 0 spiro atoms. The number of hydrogen-bond acceptors (Lipinski definition) is 1. The van der Waals surface area contributed by atoms with Crippen LogP contribution in [0.25, 0.3) is 0 Å². The Balaban J connectivity index is 2.44. The molecule has 1 saturated carbocycles. The summed E-state index contributed by atoms with van der Waals surface area (Å²) in [5.74, 6) is -1.11. The van der Waals surface area contributed by atoms with Gasteiger partial charge in [-0.15, -0.1) is 0 Å². The quantitative estimate of drug-likeness (QED) is 0.682. The van der Waals surface area contributed by atoms with Gasteiger partial charge < -0.3 is 5.73 Å². The van der Waals surface area contributed by atoms with Crippen LogP contribution in [-0.2, 0) is 5.54 Å². The second-order valence-electron chi connectivity index (χ2n) is 3.31. The van der Waals surface area contributed by atoms with Gasteiger partial charge in [-0.2, -0.15) is 0 Å². The Labute approximate surface area is 69.2 Å². The summed E-state index contributed by atoms with van der Waals surface area (Å²) in [6, 6.07) is 3.46. The number of rotatable bonds is 1. The lowest BCUT2D eigenvalue weighted by atomic mass is 10.1. The molecule has 64 valence electrons. The van der Waals surface area contributed by atoms with E-state index in [-0.39, 0.29) is 0 Å². The average Bonchev–Trinajstić information content (AvgIpc) is 2.67. The van der Waals surface area contributed by atoms with Gasteiger partial charge in [0.15, 0.2) is 0 Å². The first-order chi connectivity index (χ1) is 5.60. The van der Waals surface area contributed by atoms with Crippen molar-refractivity contribution < 1.29 is 8.78 Å². The maximum atomic E-state index is 12.7. The highest BCUT2D eigenvalue weighted by Gasteiger charge is 2.40. The third kappa shape index (κ3) is 1.20. The van der Waals surface area contributed by atoms with Crippen molar-refractivity contribution in [3.8, 4) is 0 Å². The van der Waals surface area contributed by atoms with E-state index in [4.69, 9.17) is 5.73 Å². The van der Waals surface area contributed by atoms with Crippen molar-refractivity contribution in [2.75, 3.05) is 0 Å². The predicted molar refractivity (Wildman–Crippen MR) is 41.5 cm³/mol. The largest absolute Gasteiger partial charge is 0.321 e. The molecular weight excluding hydrogens is 160 g/mol. The molecule has 2 N–H and O–H groups in total. The molecule has 1 nitrogen and oxygen atoms in total. The van der Waals surface area contributed by atoms with E-state index in [1.807, 2.05) is 0 Å². The summed E-state index contributed by atoms with van der Waals surface area (Å²) in [5, 5.41) is 0. The molecule has 1 aliphatic rings. The lowest BCUT2D eigenvalue weighted by Crippen LogP contribution is -2.18. The predicted octanol–water partition coefficient (Wildman–Crippen LogP) is 1.91. The van der Waals surface area contributed by atoms with Crippen molar-refractivity contribution in [1.29, 1.82) is 0 Å². The zero-order valence-corrected chi connectivity index (χ0v) is 6.48. The summed E-state index contributed by atoms with van der Waals surface area (Å²) in [7, 11) is 0. The van der Waals surface area contributed by atoms with Gasteiger partial charge in [-0.05, 0) is 30.5 Å². The van der Waals surface area contributed by atoms with Gasteiger partial charge >= 0.3 is 0 Å². The summed E-state index contributed by atoms with van der Waals surface area (Å²) in [6.07, 6.45) is 1.63. The van der Waals surface area contributed by atoms with Gasteiger partial charge in [0.1, 0.15) is 11.6 Å². The van der Waals surface area contributed by atoms with E-state index < -0.39 is 17.2 Å². The Morgan fingerprint density at radius 3 is 2.00 bits per heavy atom. The van der Waals surface area contributed by atoms with Crippen molar-refractivity contribution in [2.45, 2.75) is 18.4 Å². The van der Waals surface area contributed by atoms with Gasteiger partial charge in [-0.1, -0.05) is 0 Å². The minimum absolute atomic E-state index is 0.455. The molecule has 0 aromatic heterocycles. The van der Waals surface area contributed by atoms with Crippen molar-refractivity contribution >= 4 is 0 Å². The molecule has 1 fully saturated rings. The molecule has 0 aliphatic heterocycles. The molecule has 1 aliphatic carbocycles. The van der Waals surface area contributed by atoms with E-state index in [0.717, 1.165) is 18.9 Å². The van der Waals surface area contributed by atoms with Crippen LogP contribution in [0.15, 0.2) is 18.2 Å². The fourth-order valence-electron chi connectivity index (χ4n) is 1.26. The molecule has 1 aromatic rings. The molecule has 1 aromatic carbocycles. The monoisotopic (exact) mass is 169 g/mol. The first kappa shape index (κ1) is 7.68. The summed E-state index contributed by atoms with van der Waals surface area (Å²) in [4.78, 5) is 0. The second-order valence-corrected chi connectivity index (χ2v) is 3.31. The first-order valence-corrected chi connectivity index (χ1v) is 3.86. The van der Waals surface area contributed by atoms with E-state index in [1.165, 1.54) is 12.1 Å². The third-order valence-electron chi connectivity index (χ3n) is 2.23. The normalized spacial score (nSPS) is 19.2. The third-order valence-corrected chi connectivity index (χ3v) is 2.23. The smallest absolute Gasteiger partial charge is 0.126 e. The van der Waals surface area contributed by atoms with Crippen molar-refractivity contribution in [3.05, 3.63) is 35.4 Å². The highest BCUT2D eigenvalue weighted by molar-refractivity contribution is 5.30. The summed E-state index contributed by atoms with van der Waals surface area (Å²) >= 11 is 0. The van der Waals surface area contributed by atoms with Crippen LogP contribution in [0.3, 0.4) is 0 Å². The number of hydrogen-bond donors (Lipinski definition) is 1. The SMILES string of the molecule is NC1(c2cc(F)cc(F)c2)CC1. The van der Waals surface area contributed by atoms with Crippen molar-refractivity contribution in [3.63, 3.8) is 0 Å². The Morgan fingerprint density at radius 2 is 1.58 bits per heavy atom. The van der Waals surface area contributed by atoms with E-state index in [9.17, 15) is 8.78 Å². The van der Waals surface area contributed by atoms with E-state index in [1.54, 1.807) is 0 Å². The van der Waals surface area contributed by atoms with Crippen LogP contribution >= 0.6 is 0 Å². The summed E-state index contributed by atoms with van der Waals surface area (Å²) < 4.78 is 25.4. The number of benzene rings is 1. The molecule has 0 amide bonds. The molecule has 0 saturated heterocycles. The van der Waals surface area contributed by atoms with E-state index in [0.29, 0.717) is 5.56 Å². The van der Waals surface area contributed by atoms with E-state index >= 15 is 0 Å². The van der Waals surface area contributed by atoms with Gasteiger partial charge in [0.25, 0.3) is 0 Å². The van der Waals surface area contributed by atoms with Crippen LogP contribution in [-0.4, -0.2) is 0 Å². The Hall–Kier alpha value is -0.960. The molecule has 0 bridgehead atoms. The summed E-state index contributed by atoms with van der Waals surface area (Å²) in [6.45, 7) is 0. The number of halogens is 2.